The topological polar surface area (TPSA) is 40.6 Å². The molecule has 1 aliphatic rings. The summed E-state index contributed by atoms with van der Waals surface area (Å²) in [7, 11) is 0. The monoisotopic (exact) mass is 390 g/mol. The van der Waals surface area contributed by atoms with Crippen molar-refractivity contribution < 1.29 is 9.59 Å². The molecule has 6 heteroatoms. The summed E-state index contributed by atoms with van der Waals surface area (Å²) in [5.74, 6) is -0.350. The Bertz CT molecular complexity index is 882. The third-order valence-electron chi connectivity index (χ3n) is 4.94. The maximum atomic E-state index is 13.0. The van der Waals surface area contributed by atoms with Crippen LogP contribution in [0.15, 0.2) is 36.4 Å². The molecular weight excluding hydrogens is 371 g/mol. The molecule has 1 fully saturated rings. The number of aryl methyl sites for hydroxylation is 1. The third kappa shape index (κ3) is 3.31. The first-order valence-corrected chi connectivity index (χ1v) is 9.20. The second-order valence-corrected chi connectivity index (χ2v) is 7.35. The minimum Gasteiger partial charge on any atom is -0.325 e. The van der Waals surface area contributed by atoms with Gasteiger partial charge in [-0.05, 0) is 56.2 Å². The van der Waals surface area contributed by atoms with Crippen molar-refractivity contribution >= 4 is 40.7 Å². The van der Waals surface area contributed by atoms with Crippen molar-refractivity contribution in [3.8, 4) is 0 Å². The van der Waals surface area contributed by atoms with Crippen LogP contribution in [0.4, 0.5) is 5.69 Å². The van der Waals surface area contributed by atoms with Gasteiger partial charge in [-0.3, -0.25) is 9.59 Å². The first-order chi connectivity index (χ1) is 12.3. The van der Waals surface area contributed by atoms with Gasteiger partial charge >= 0.3 is 0 Å². The lowest BCUT2D eigenvalue weighted by atomic mass is 10.0. The Hall–Kier alpha value is -2.04. The Balaban J connectivity index is 1.86. The van der Waals surface area contributed by atoms with Crippen LogP contribution in [0, 0.1) is 13.8 Å². The molecule has 26 heavy (non-hydrogen) atoms. The van der Waals surface area contributed by atoms with E-state index in [0.717, 1.165) is 16.8 Å². The quantitative estimate of drug-likeness (QED) is 0.757. The summed E-state index contributed by atoms with van der Waals surface area (Å²) < 4.78 is 0. The molecule has 2 aromatic carbocycles. The summed E-state index contributed by atoms with van der Waals surface area (Å²) in [6.07, 6.45) is 0. The zero-order valence-electron chi connectivity index (χ0n) is 14.9. The molecule has 0 radical (unpaired) electrons. The molecule has 3 rings (SSSR count). The number of nitrogens with zero attached hydrogens (tertiary/aromatic N) is 2. The van der Waals surface area contributed by atoms with E-state index in [1.165, 1.54) is 6.07 Å². The highest BCUT2D eigenvalue weighted by molar-refractivity contribution is 6.36. The van der Waals surface area contributed by atoms with E-state index >= 15 is 0 Å². The van der Waals surface area contributed by atoms with E-state index in [1.54, 1.807) is 28.9 Å². The number of hydrogen-bond acceptors (Lipinski definition) is 2. The molecule has 4 nitrogen and oxygen atoms in total. The highest BCUT2D eigenvalue weighted by Crippen LogP contribution is 2.28. The first-order valence-electron chi connectivity index (χ1n) is 8.45. The minimum atomic E-state index is -0.567. The Morgan fingerprint density at radius 3 is 2.54 bits per heavy atom. The lowest BCUT2D eigenvalue weighted by Crippen LogP contribution is -2.58. The predicted molar refractivity (Wildman–Crippen MR) is 105 cm³/mol. The van der Waals surface area contributed by atoms with Gasteiger partial charge in [0, 0.05) is 23.8 Å². The Kier molecular flexibility index (Phi) is 5.26. The molecule has 1 atom stereocenters. The average Bonchev–Trinajstić information content (AvgIpc) is 2.59. The first kappa shape index (κ1) is 18.7. The zero-order valence-corrected chi connectivity index (χ0v) is 16.4. The molecule has 136 valence electrons. The van der Waals surface area contributed by atoms with Crippen molar-refractivity contribution in [3.05, 3.63) is 63.1 Å². The predicted octanol–water partition coefficient (Wildman–Crippen LogP) is 4.49. The summed E-state index contributed by atoms with van der Waals surface area (Å²) in [4.78, 5) is 29.2. The molecule has 1 saturated heterocycles. The summed E-state index contributed by atoms with van der Waals surface area (Å²) in [5, 5.41) is 0.759. The van der Waals surface area contributed by atoms with Crippen LogP contribution in [-0.2, 0) is 4.79 Å². The molecule has 2 aromatic rings. The fraction of sp³-hybridized carbons (Fsp3) is 0.300. The molecule has 0 spiro atoms. The summed E-state index contributed by atoms with van der Waals surface area (Å²) >= 11 is 12.1. The van der Waals surface area contributed by atoms with Gasteiger partial charge in [0.15, 0.2) is 0 Å². The van der Waals surface area contributed by atoms with Crippen LogP contribution in [0.3, 0.4) is 0 Å². The fourth-order valence-corrected chi connectivity index (χ4v) is 3.72. The number of rotatable bonds is 2. The maximum absolute atomic E-state index is 13.0. The van der Waals surface area contributed by atoms with Crippen molar-refractivity contribution in [3.63, 3.8) is 0 Å². The van der Waals surface area contributed by atoms with Crippen molar-refractivity contribution in [2.45, 2.75) is 26.8 Å². The molecule has 0 bridgehead atoms. The molecule has 0 aromatic heterocycles. The van der Waals surface area contributed by atoms with E-state index in [0.29, 0.717) is 28.7 Å². The number of piperazine rings is 1. The van der Waals surface area contributed by atoms with Crippen LogP contribution >= 0.6 is 23.2 Å². The number of halogens is 2. The Labute approximate surface area is 163 Å². The fourth-order valence-electron chi connectivity index (χ4n) is 3.23. The van der Waals surface area contributed by atoms with Crippen molar-refractivity contribution in [1.29, 1.82) is 0 Å². The van der Waals surface area contributed by atoms with E-state index in [9.17, 15) is 9.59 Å². The number of carbonyl (C=O) groups excluding carboxylic acids is 2. The van der Waals surface area contributed by atoms with Crippen LogP contribution in [-0.4, -0.2) is 35.8 Å². The molecule has 1 aliphatic heterocycles. The van der Waals surface area contributed by atoms with Gasteiger partial charge in [0.2, 0.25) is 5.91 Å². The summed E-state index contributed by atoms with van der Waals surface area (Å²) in [6.45, 7) is 6.67. The van der Waals surface area contributed by atoms with E-state index in [-0.39, 0.29) is 11.8 Å². The lowest BCUT2D eigenvalue weighted by Gasteiger charge is -2.39. The molecule has 0 aliphatic carbocycles. The molecule has 0 N–H and O–H groups in total. The van der Waals surface area contributed by atoms with E-state index in [4.69, 9.17) is 23.2 Å². The lowest BCUT2D eigenvalue weighted by molar-refractivity contribution is -0.124. The van der Waals surface area contributed by atoms with Crippen LogP contribution in [0.2, 0.25) is 10.0 Å². The Morgan fingerprint density at radius 1 is 1.12 bits per heavy atom. The van der Waals surface area contributed by atoms with Crippen LogP contribution in [0.5, 0.6) is 0 Å². The van der Waals surface area contributed by atoms with Gasteiger partial charge in [-0.2, -0.15) is 0 Å². The van der Waals surface area contributed by atoms with Crippen molar-refractivity contribution in [2.75, 3.05) is 18.0 Å². The molecule has 1 heterocycles. The van der Waals surface area contributed by atoms with Gasteiger partial charge in [-0.25, -0.2) is 0 Å². The van der Waals surface area contributed by atoms with Crippen LogP contribution < -0.4 is 4.90 Å². The molecule has 1 unspecified atom stereocenters. The minimum absolute atomic E-state index is 0.0941. The van der Waals surface area contributed by atoms with Gasteiger partial charge in [-0.15, -0.1) is 0 Å². The van der Waals surface area contributed by atoms with Gasteiger partial charge in [0.25, 0.3) is 5.91 Å². The SMILES string of the molecule is Cc1cccc(N2CCN(C(=O)c3ccc(Cl)cc3Cl)C(C)C2=O)c1C. The average molecular weight is 391 g/mol. The number of anilines is 1. The number of amides is 2. The van der Waals surface area contributed by atoms with E-state index in [2.05, 4.69) is 0 Å². The van der Waals surface area contributed by atoms with Crippen LogP contribution in [0.25, 0.3) is 0 Å². The van der Waals surface area contributed by atoms with Gasteiger partial charge in [0.1, 0.15) is 6.04 Å². The van der Waals surface area contributed by atoms with Gasteiger partial charge in [-0.1, -0.05) is 35.3 Å². The Morgan fingerprint density at radius 2 is 1.85 bits per heavy atom. The molecule has 0 saturated carbocycles. The summed E-state index contributed by atoms with van der Waals surface area (Å²) in [5.41, 5.74) is 3.47. The molecular formula is C20H20Cl2N2O2. The normalized spacial score (nSPS) is 17.6. The highest BCUT2D eigenvalue weighted by Gasteiger charge is 2.36. The second kappa shape index (κ2) is 7.29. The standard InChI is InChI=1S/C20H20Cl2N2O2/c1-12-5-4-6-18(13(12)2)24-10-9-23(14(3)19(24)25)20(26)16-8-7-15(21)11-17(16)22/h4-8,11,14H,9-10H2,1-3H3. The van der Waals surface area contributed by atoms with E-state index < -0.39 is 6.04 Å². The number of benzene rings is 2. The third-order valence-corrected chi connectivity index (χ3v) is 5.49. The number of hydrogen-bond donors (Lipinski definition) is 0. The highest BCUT2D eigenvalue weighted by atomic mass is 35.5. The van der Waals surface area contributed by atoms with Crippen LogP contribution in [0.1, 0.15) is 28.4 Å². The van der Waals surface area contributed by atoms with Gasteiger partial charge in [0.05, 0.1) is 10.6 Å². The smallest absolute Gasteiger partial charge is 0.256 e. The largest absolute Gasteiger partial charge is 0.325 e. The maximum Gasteiger partial charge on any atom is 0.256 e. The summed E-state index contributed by atoms with van der Waals surface area (Å²) in [6, 6.07) is 10.1. The van der Waals surface area contributed by atoms with Crippen molar-refractivity contribution in [1.82, 2.24) is 4.90 Å². The molecule has 2 amide bonds. The van der Waals surface area contributed by atoms with Gasteiger partial charge < -0.3 is 9.80 Å². The zero-order chi connectivity index (χ0) is 19.0. The number of carbonyl (C=O) groups is 2. The van der Waals surface area contributed by atoms with E-state index in [1.807, 2.05) is 32.0 Å². The van der Waals surface area contributed by atoms with Crippen molar-refractivity contribution in [2.24, 2.45) is 0 Å². The second-order valence-electron chi connectivity index (χ2n) is 6.51.